The molecule has 4 heteroatoms. The fourth-order valence-electron chi connectivity index (χ4n) is 1.68. The standard InChI is InChI=1S/C12H22N4/c1-4-16(9-5-8-15(2)3)11-6-7-14-12(13)10-11/h6-7,10H,4-5,8-9H2,1-3H3,(H2,13,14). The van der Waals surface area contributed by atoms with E-state index in [0.717, 1.165) is 31.7 Å². The van der Waals surface area contributed by atoms with Crippen molar-refractivity contribution in [1.29, 1.82) is 0 Å². The summed E-state index contributed by atoms with van der Waals surface area (Å²) >= 11 is 0. The molecular formula is C12H22N4. The summed E-state index contributed by atoms with van der Waals surface area (Å²) in [6.45, 7) is 5.32. The summed E-state index contributed by atoms with van der Waals surface area (Å²) in [4.78, 5) is 8.53. The predicted octanol–water partition coefficient (Wildman–Crippen LogP) is 1.44. The van der Waals surface area contributed by atoms with Gasteiger partial charge in [-0.15, -0.1) is 0 Å². The van der Waals surface area contributed by atoms with Gasteiger partial charge in [0, 0.05) is 31.0 Å². The number of nitrogen functional groups attached to an aromatic ring is 1. The van der Waals surface area contributed by atoms with Crippen molar-refractivity contribution in [2.24, 2.45) is 0 Å². The maximum Gasteiger partial charge on any atom is 0.125 e. The Balaban J connectivity index is 2.53. The molecule has 90 valence electrons. The van der Waals surface area contributed by atoms with Crippen LogP contribution < -0.4 is 10.6 Å². The van der Waals surface area contributed by atoms with Crippen molar-refractivity contribution in [1.82, 2.24) is 9.88 Å². The van der Waals surface area contributed by atoms with Crippen LogP contribution in [-0.4, -0.2) is 43.6 Å². The Hall–Kier alpha value is -1.29. The van der Waals surface area contributed by atoms with E-state index in [1.54, 1.807) is 6.20 Å². The Bertz CT molecular complexity index is 312. The molecule has 2 N–H and O–H groups in total. The molecule has 0 aromatic carbocycles. The first-order valence-corrected chi connectivity index (χ1v) is 5.74. The number of hydrogen-bond acceptors (Lipinski definition) is 4. The number of rotatable bonds is 6. The van der Waals surface area contributed by atoms with Crippen molar-refractivity contribution in [2.45, 2.75) is 13.3 Å². The highest BCUT2D eigenvalue weighted by molar-refractivity contribution is 5.51. The molecule has 0 unspecified atom stereocenters. The third-order valence-electron chi connectivity index (χ3n) is 2.54. The number of anilines is 2. The number of hydrogen-bond donors (Lipinski definition) is 1. The maximum atomic E-state index is 5.68. The molecular weight excluding hydrogens is 200 g/mol. The van der Waals surface area contributed by atoms with Crippen LogP contribution in [0.3, 0.4) is 0 Å². The molecule has 1 aromatic heterocycles. The van der Waals surface area contributed by atoms with Gasteiger partial charge in [-0.05, 0) is 40.1 Å². The van der Waals surface area contributed by atoms with Gasteiger partial charge in [0.25, 0.3) is 0 Å². The lowest BCUT2D eigenvalue weighted by molar-refractivity contribution is 0.400. The number of aromatic nitrogens is 1. The molecule has 16 heavy (non-hydrogen) atoms. The molecule has 1 heterocycles. The van der Waals surface area contributed by atoms with Crippen LogP contribution in [0.5, 0.6) is 0 Å². The number of pyridine rings is 1. The average Bonchev–Trinajstić information content (AvgIpc) is 2.24. The minimum atomic E-state index is 0.587. The van der Waals surface area contributed by atoms with Gasteiger partial charge in [0.2, 0.25) is 0 Å². The summed E-state index contributed by atoms with van der Waals surface area (Å²) in [6.07, 6.45) is 2.92. The van der Waals surface area contributed by atoms with E-state index in [4.69, 9.17) is 5.73 Å². The summed E-state index contributed by atoms with van der Waals surface area (Å²) in [5.74, 6) is 0.587. The minimum Gasteiger partial charge on any atom is -0.384 e. The molecule has 0 radical (unpaired) electrons. The Morgan fingerprint density at radius 1 is 1.31 bits per heavy atom. The molecule has 0 saturated carbocycles. The van der Waals surface area contributed by atoms with Crippen molar-refractivity contribution in [2.75, 3.05) is 44.4 Å². The van der Waals surface area contributed by atoms with Crippen molar-refractivity contribution < 1.29 is 0 Å². The fourth-order valence-corrected chi connectivity index (χ4v) is 1.68. The quantitative estimate of drug-likeness (QED) is 0.791. The molecule has 0 bridgehead atoms. The third-order valence-corrected chi connectivity index (χ3v) is 2.54. The van der Waals surface area contributed by atoms with Crippen molar-refractivity contribution in [3.63, 3.8) is 0 Å². The monoisotopic (exact) mass is 222 g/mol. The SMILES string of the molecule is CCN(CCCN(C)C)c1ccnc(N)c1. The molecule has 0 fully saturated rings. The zero-order chi connectivity index (χ0) is 12.0. The smallest absolute Gasteiger partial charge is 0.125 e. The van der Waals surface area contributed by atoms with Crippen LogP contribution in [0.25, 0.3) is 0 Å². The van der Waals surface area contributed by atoms with Gasteiger partial charge >= 0.3 is 0 Å². The van der Waals surface area contributed by atoms with Gasteiger partial charge < -0.3 is 15.5 Å². The lowest BCUT2D eigenvalue weighted by Crippen LogP contribution is -2.27. The Morgan fingerprint density at radius 2 is 2.06 bits per heavy atom. The summed E-state index contributed by atoms with van der Waals surface area (Å²) in [6, 6.07) is 3.94. The van der Waals surface area contributed by atoms with Gasteiger partial charge in [0.05, 0.1) is 0 Å². The van der Waals surface area contributed by atoms with Crippen LogP contribution >= 0.6 is 0 Å². The predicted molar refractivity (Wildman–Crippen MR) is 69.7 cm³/mol. The Labute approximate surface area is 98.1 Å². The van der Waals surface area contributed by atoms with E-state index in [-0.39, 0.29) is 0 Å². The van der Waals surface area contributed by atoms with Gasteiger partial charge in [-0.2, -0.15) is 0 Å². The first-order valence-electron chi connectivity index (χ1n) is 5.74. The van der Waals surface area contributed by atoms with E-state index in [9.17, 15) is 0 Å². The van der Waals surface area contributed by atoms with Crippen LogP contribution in [0, 0.1) is 0 Å². The molecule has 0 saturated heterocycles. The molecule has 4 nitrogen and oxygen atoms in total. The minimum absolute atomic E-state index is 0.587. The topological polar surface area (TPSA) is 45.4 Å². The molecule has 1 rings (SSSR count). The zero-order valence-electron chi connectivity index (χ0n) is 10.5. The summed E-state index contributed by atoms with van der Waals surface area (Å²) in [7, 11) is 4.20. The van der Waals surface area contributed by atoms with E-state index in [2.05, 4.69) is 35.8 Å². The van der Waals surface area contributed by atoms with Gasteiger partial charge in [-0.3, -0.25) is 0 Å². The second-order valence-electron chi connectivity index (χ2n) is 4.18. The first kappa shape index (κ1) is 12.8. The van der Waals surface area contributed by atoms with E-state index in [1.807, 2.05) is 12.1 Å². The highest BCUT2D eigenvalue weighted by Crippen LogP contribution is 2.15. The largest absolute Gasteiger partial charge is 0.384 e. The number of nitrogens with zero attached hydrogens (tertiary/aromatic N) is 3. The van der Waals surface area contributed by atoms with Crippen molar-refractivity contribution >= 4 is 11.5 Å². The fraction of sp³-hybridized carbons (Fsp3) is 0.583. The average molecular weight is 222 g/mol. The van der Waals surface area contributed by atoms with Crippen molar-refractivity contribution in [3.05, 3.63) is 18.3 Å². The molecule has 1 aromatic rings. The molecule has 0 atom stereocenters. The van der Waals surface area contributed by atoms with E-state index in [1.165, 1.54) is 0 Å². The van der Waals surface area contributed by atoms with E-state index < -0.39 is 0 Å². The summed E-state index contributed by atoms with van der Waals surface area (Å²) < 4.78 is 0. The molecule has 0 aliphatic carbocycles. The van der Waals surface area contributed by atoms with Gasteiger partial charge in [-0.1, -0.05) is 0 Å². The first-order chi connectivity index (χ1) is 7.63. The Morgan fingerprint density at radius 3 is 2.62 bits per heavy atom. The van der Waals surface area contributed by atoms with Crippen LogP contribution in [0.15, 0.2) is 18.3 Å². The molecule has 0 aliphatic rings. The lowest BCUT2D eigenvalue weighted by Gasteiger charge is -2.24. The van der Waals surface area contributed by atoms with Crippen molar-refractivity contribution in [3.8, 4) is 0 Å². The van der Waals surface area contributed by atoms with Gasteiger partial charge in [0.15, 0.2) is 0 Å². The highest BCUT2D eigenvalue weighted by Gasteiger charge is 2.04. The van der Waals surface area contributed by atoms with Crippen LogP contribution in [0.2, 0.25) is 0 Å². The van der Waals surface area contributed by atoms with Crippen LogP contribution in [0.4, 0.5) is 11.5 Å². The van der Waals surface area contributed by atoms with Gasteiger partial charge in [0.1, 0.15) is 5.82 Å². The van der Waals surface area contributed by atoms with E-state index >= 15 is 0 Å². The third kappa shape index (κ3) is 4.06. The maximum absolute atomic E-state index is 5.68. The zero-order valence-corrected chi connectivity index (χ0v) is 10.5. The molecule has 0 aliphatic heterocycles. The molecule has 0 spiro atoms. The van der Waals surface area contributed by atoms with E-state index in [0.29, 0.717) is 5.82 Å². The summed E-state index contributed by atoms with van der Waals surface area (Å²) in [5.41, 5.74) is 6.84. The second-order valence-corrected chi connectivity index (χ2v) is 4.18. The Kier molecular flexibility index (Phi) is 5.05. The molecule has 0 amide bonds. The number of nitrogens with two attached hydrogens (primary N) is 1. The van der Waals surface area contributed by atoms with Crippen LogP contribution in [0.1, 0.15) is 13.3 Å². The van der Waals surface area contributed by atoms with Gasteiger partial charge in [-0.25, -0.2) is 4.98 Å². The second kappa shape index (κ2) is 6.33. The summed E-state index contributed by atoms with van der Waals surface area (Å²) in [5, 5.41) is 0. The lowest BCUT2D eigenvalue weighted by atomic mass is 10.3. The highest BCUT2D eigenvalue weighted by atomic mass is 15.1. The normalized spacial score (nSPS) is 10.8. The van der Waals surface area contributed by atoms with Crippen LogP contribution in [-0.2, 0) is 0 Å².